The van der Waals surface area contributed by atoms with Gasteiger partial charge in [0.05, 0.1) is 4.90 Å². The lowest BCUT2D eigenvalue weighted by Gasteiger charge is -2.30. The zero-order valence-electron chi connectivity index (χ0n) is 19.0. The van der Waals surface area contributed by atoms with Gasteiger partial charge >= 0.3 is 0 Å². The van der Waals surface area contributed by atoms with Crippen LogP contribution in [0.5, 0.6) is 0 Å². The van der Waals surface area contributed by atoms with Gasteiger partial charge in [-0.05, 0) is 48.7 Å². The number of carbonyl (C=O) groups is 1. The summed E-state index contributed by atoms with van der Waals surface area (Å²) in [6.45, 7) is 0. The van der Waals surface area contributed by atoms with Crippen molar-refractivity contribution >= 4 is 33.0 Å². The Kier molecular flexibility index (Phi) is 6.43. The number of rotatable bonds is 7. The lowest BCUT2D eigenvalue weighted by atomic mass is 9.95. The number of benzene rings is 3. The summed E-state index contributed by atoms with van der Waals surface area (Å²) in [6, 6.07) is 21.3. The Morgan fingerprint density at radius 3 is 2.26 bits per heavy atom. The molecule has 1 aliphatic carbocycles. The van der Waals surface area contributed by atoms with Crippen LogP contribution in [-0.2, 0) is 14.6 Å². The fourth-order valence-corrected chi connectivity index (χ4v) is 5.35. The van der Waals surface area contributed by atoms with Crippen LogP contribution in [-0.4, -0.2) is 32.0 Å². The first kappa shape index (κ1) is 23.5. The molecule has 0 aromatic heterocycles. The number of nitrogens with two attached hydrogens (primary N) is 1. The number of amidine groups is 1. The van der Waals surface area contributed by atoms with E-state index in [4.69, 9.17) is 11.1 Å². The molecule has 8 heteroatoms. The largest absolute Gasteiger partial charge is 0.384 e. The number of sulfone groups is 1. The monoisotopic (exact) mass is 476 g/mol. The molecule has 0 bridgehead atoms. The van der Waals surface area contributed by atoms with E-state index in [0.29, 0.717) is 29.7 Å². The topological polar surface area (TPSA) is 125 Å². The Morgan fingerprint density at radius 2 is 1.62 bits per heavy atom. The molecule has 0 unspecified atom stereocenters. The Hall–Kier alpha value is -3.65. The summed E-state index contributed by atoms with van der Waals surface area (Å²) in [6.07, 6.45) is 4.47. The van der Waals surface area contributed by atoms with Crippen molar-refractivity contribution in [2.75, 3.05) is 16.9 Å². The molecular weight excluding hydrogens is 448 g/mol. The van der Waals surface area contributed by atoms with Crippen LogP contribution in [0, 0.1) is 5.41 Å². The highest BCUT2D eigenvalue weighted by Crippen LogP contribution is 2.35. The molecule has 3 aromatic carbocycles. The third kappa shape index (κ3) is 4.97. The third-order valence-electron chi connectivity index (χ3n) is 6.19. The molecule has 7 nitrogen and oxygen atoms in total. The van der Waals surface area contributed by atoms with Gasteiger partial charge in [-0.3, -0.25) is 10.2 Å². The average molecular weight is 477 g/mol. The molecule has 1 saturated carbocycles. The molecule has 176 valence electrons. The zero-order chi connectivity index (χ0) is 24.3. The fourth-order valence-electron chi connectivity index (χ4n) is 4.44. The second-order valence-electron chi connectivity index (χ2n) is 8.71. The Bertz CT molecular complexity index is 1330. The molecule has 3 aromatic rings. The predicted octanol–water partition coefficient (Wildman–Crippen LogP) is 4.40. The smallest absolute Gasteiger partial charge is 0.250 e. The summed E-state index contributed by atoms with van der Waals surface area (Å²) < 4.78 is 24.3. The van der Waals surface area contributed by atoms with Gasteiger partial charge in [0, 0.05) is 28.8 Å². The van der Waals surface area contributed by atoms with E-state index < -0.39 is 15.4 Å². The number of hydrogen-bond acceptors (Lipinski definition) is 5. The standard InChI is InChI=1S/C26H28N4O3S/c1-34(32,33)23-10-3-2-9-22(23)18-11-13-20(14-12-18)29-25(31)26(15-4-5-16-26)30-21-8-6-7-19(17-21)24(27)28/h2-3,6-14,17,30H,4-5,15-16H2,1H3,(H3,27,28)(H,29,31). The molecule has 0 heterocycles. The van der Waals surface area contributed by atoms with Gasteiger partial charge < -0.3 is 16.4 Å². The van der Waals surface area contributed by atoms with Crippen molar-refractivity contribution in [2.24, 2.45) is 5.73 Å². The number of amides is 1. The van der Waals surface area contributed by atoms with Crippen molar-refractivity contribution in [3.63, 3.8) is 0 Å². The van der Waals surface area contributed by atoms with Gasteiger partial charge in [0.15, 0.2) is 9.84 Å². The van der Waals surface area contributed by atoms with E-state index in [-0.39, 0.29) is 16.6 Å². The van der Waals surface area contributed by atoms with Crippen molar-refractivity contribution in [1.29, 1.82) is 5.41 Å². The second-order valence-corrected chi connectivity index (χ2v) is 10.7. The van der Waals surface area contributed by atoms with E-state index in [1.807, 2.05) is 24.3 Å². The molecule has 0 aliphatic heterocycles. The summed E-state index contributed by atoms with van der Waals surface area (Å²) in [5.41, 5.74) is 8.23. The predicted molar refractivity (Wildman–Crippen MR) is 136 cm³/mol. The molecule has 4 rings (SSSR count). The second kappa shape index (κ2) is 9.30. The molecule has 0 spiro atoms. The average Bonchev–Trinajstić information content (AvgIpc) is 3.29. The van der Waals surface area contributed by atoms with Crippen LogP contribution >= 0.6 is 0 Å². The maximum Gasteiger partial charge on any atom is 0.250 e. The van der Waals surface area contributed by atoms with E-state index >= 15 is 0 Å². The highest BCUT2D eigenvalue weighted by molar-refractivity contribution is 7.90. The highest BCUT2D eigenvalue weighted by atomic mass is 32.2. The van der Waals surface area contributed by atoms with Gasteiger partial charge in [0.2, 0.25) is 5.91 Å². The first-order chi connectivity index (χ1) is 16.2. The molecule has 0 radical (unpaired) electrons. The van der Waals surface area contributed by atoms with Gasteiger partial charge in [-0.1, -0.05) is 55.3 Å². The zero-order valence-corrected chi connectivity index (χ0v) is 19.8. The number of anilines is 2. The summed E-state index contributed by atoms with van der Waals surface area (Å²) >= 11 is 0. The van der Waals surface area contributed by atoms with Gasteiger partial charge in [-0.15, -0.1) is 0 Å². The minimum atomic E-state index is -3.37. The van der Waals surface area contributed by atoms with E-state index in [1.165, 1.54) is 6.26 Å². The Balaban J connectivity index is 1.55. The Morgan fingerprint density at radius 1 is 0.941 bits per heavy atom. The Labute approximate surface area is 199 Å². The van der Waals surface area contributed by atoms with Crippen molar-refractivity contribution in [1.82, 2.24) is 0 Å². The lowest BCUT2D eigenvalue weighted by Crippen LogP contribution is -2.47. The molecule has 5 N–H and O–H groups in total. The quantitative estimate of drug-likeness (QED) is 0.297. The molecular formula is C26H28N4O3S. The molecule has 1 amide bonds. The van der Waals surface area contributed by atoms with Crippen LogP contribution in [0.15, 0.2) is 77.7 Å². The van der Waals surface area contributed by atoms with Gasteiger partial charge in [0.25, 0.3) is 0 Å². The number of carbonyl (C=O) groups excluding carboxylic acids is 1. The number of hydrogen-bond donors (Lipinski definition) is 4. The number of nitrogen functional groups attached to an aromatic ring is 1. The van der Waals surface area contributed by atoms with Crippen LogP contribution in [0.4, 0.5) is 11.4 Å². The van der Waals surface area contributed by atoms with E-state index in [9.17, 15) is 13.2 Å². The first-order valence-corrected chi connectivity index (χ1v) is 13.0. The van der Waals surface area contributed by atoms with Crippen LogP contribution in [0.3, 0.4) is 0 Å². The van der Waals surface area contributed by atoms with E-state index in [2.05, 4.69) is 10.6 Å². The molecule has 1 aliphatic rings. The maximum atomic E-state index is 13.4. The van der Waals surface area contributed by atoms with E-state index in [0.717, 1.165) is 24.1 Å². The van der Waals surface area contributed by atoms with Crippen LogP contribution in [0.1, 0.15) is 31.2 Å². The maximum absolute atomic E-state index is 13.4. The minimum absolute atomic E-state index is 0.0221. The molecule has 0 atom stereocenters. The van der Waals surface area contributed by atoms with Crippen LogP contribution in [0.2, 0.25) is 0 Å². The van der Waals surface area contributed by atoms with Gasteiger partial charge in [0.1, 0.15) is 11.4 Å². The van der Waals surface area contributed by atoms with Crippen molar-refractivity contribution in [3.05, 3.63) is 78.4 Å². The minimum Gasteiger partial charge on any atom is -0.384 e. The van der Waals surface area contributed by atoms with Crippen molar-refractivity contribution in [2.45, 2.75) is 36.1 Å². The number of nitrogens with one attached hydrogen (secondary N) is 3. The SMILES string of the molecule is CS(=O)(=O)c1ccccc1-c1ccc(NC(=O)C2(Nc3cccc(C(=N)N)c3)CCCC2)cc1. The molecule has 34 heavy (non-hydrogen) atoms. The summed E-state index contributed by atoms with van der Waals surface area (Å²) in [5.74, 6) is -0.145. The summed E-state index contributed by atoms with van der Waals surface area (Å²) in [7, 11) is -3.37. The first-order valence-electron chi connectivity index (χ1n) is 11.1. The normalized spacial score (nSPS) is 15.0. The summed E-state index contributed by atoms with van der Waals surface area (Å²) in [5, 5.41) is 14.1. The van der Waals surface area contributed by atoms with Crippen LogP contribution in [0.25, 0.3) is 11.1 Å². The van der Waals surface area contributed by atoms with Crippen molar-refractivity contribution in [3.8, 4) is 11.1 Å². The summed E-state index contributed by atoms with van der Waals surface area (Å²) in [4.78, 5) is 13.7. The van der Waals surface area contributed by atoms with Crippen LogP contribution < -0.4 is 16.4 Å². The molecule has 0 saturated heterocycles. The van der Waals surface area contributed by atoms with Gasteiger partial charge in [-0.25, -0.2) is 8.42 Å². The van der Waals surface area contributed by atoms with Crippen molar-refractivity contribution < 1.29 is 13.2 Å². The lowest BCUT2D eigenvalue weighted by molar-refractivity contribution is -0.120. The fraction of sp³-hybridized carbons (Fsp3) is 0.231. The molecule has 1 fully saturated rings. The van der Waals surface area contributed by atoms with E-state index in [1.54, 1.807) is 48.5 Å². The third-order valence-corrected chi connectivity index (χ3v) is 7.34. The van der Waals surface area contributed by atoms with Gasteiger partial charge in [-0.2, -0.15) is 0 Å². The highest BCUT2D eigenvalue weighted by Gasteiger charge is 2.41.